The summed E-state index contributed by atoms with van der Waals surface area (Å²) in [6.45, 7) is 5.44. The molecule has 1 aromatic carbocycles. The second-order valence-electron chi connectivity index (χ2n) is 4.57. The molecule has 1 aromatic rings. The van der Waals surface area contributed by atoms with E-state index in [1.165, 1.54) is 6.92 Å². The number of ether oxygens (including phenoxy) is 1. The first kappa shape index (κ1) is 16.7. The van der Waals surface area contributed by atoms with E-state index in [0.717, 1.165) is 17.3 Å². The molecule has 0 aliphatic rings. The Hall–Kier alpha value is -1.36. The van der Waals surface area contributed by atoms with Gasteiger partial charge in [-0.3, -0.25) is 9.59 Å². The molecule has 0 saturated carbocycles. The van der Waals surface area contributed by atoms with E-state index in [0.29, 0.717) is 11.3 Å². The molecular weight excluding hydrogens is 322 g/mol. The van der Waals surface area contributed by atoms with Crippen LogP contribution in [0.5, 0.6) is 5.75 Å². The van der Waals surface area contributed by atoms with Crippen LogP contribution in [0.2, 0.25) is 0 Å². The molecule has 0 aliphatic carbocycles. The molecule has 0 heterocycles. The Morgan fingerprint density at radius 1 is 1.30 bits per heavy atom. The van der Waals surface area contributed by atoms with Gasteiger partial charge >= 0.3 is 0 Å². The largest absolute Gasteiger partial charge is 0.483 e. The van der Waals surface area contributed by atoms with Gasteiger partial charge in [0, 0.05) is 10.5 Å². The number of hydrogen-bond donors (Lipinski definition) is 1. The van der Waals surface area contributed by atoms with E-state index in [9.17, 15) is 9.59 Å². The van der Waals surface area contributed by atoms with Crippen molar-refractivity contribution in [3.63, 3.8) is 0 Å². The van der Waals surface area contributed by atoms with Crippen molar-refractivity contribution in [3.05, 3.63) is 28.2 Å². The molecule has 0 aromatic heterocycles. The molecule has 110 valence electrons. The molecule has 0 aliphatic heterocycles. The molecule has 0 radical (unpaired) electrons. The Morgan fingerprint density at radius 3 is 2.50 bits per heavy atom. The number of carbonyl (C=O) groups excluding carboxylic acids is 2. The van der Waals surface area contributed by atoms with Crippen molar-refractivity contribution in [3.8, 4) is 5.75 Å². The van der Waals surface area contributed by atoms with E-state index in [4.69, 9.17) is 4.74 Å². The molecular formula is C15H20BrNO3. The Balaban J connectivity index is 2.66. The van der Waals surface area contributed by atoms with Crippen LogP contribution in [0.15, 0.2) is 22.7 Å². The monoisotopic (exact) mass is 341 g/mol. The zero-order valence-electron chi connectivity index (χ0n) is 12.0. The average molecular weight is 342 g/mol. The summed E-state index contributed by atoms with van der Waals surface area (Å²) in [6.07, 6.45) is 1.78. The number of Topliss-reactive ketones (excluding diaryl/α,β-unsaturated/α-hetero) is 1. The van der Waals surface area contributed by atoms with Gasteiger partial charge in [-0.25, -0.2) is 0 Å². The number of rotatable bonds is 7. The number of nitrogens with one attached hydrogen (secondary N) is 1. The Labute approximate surface area is 128 Å². The van der Waals surface area contributed by atoms with Crippen LogP contribution in [0, 0.1) is 0 Å². The molecule has 0 saturated heterocycles. The summed E-state index contributed by atoms with van der Waals surface area (Å²) in [5, 5.41) is 2.89. The van der Waals surface area contributed by atoms with E-state index in [2.05, 4.69) is 21.2 Å². The van der Waals surface area contributed by atoms with E-state index in [-0.39, 0.29) is 24.3 Å². The lowest BCUT2D eigenvalue weighted by molar-refractivity contribution is -0.123. The molecule has 20 heavy (non-hydrogen) atoms. The number of benzene rings is 1. The van der Waals surface area contributed by atoms with Crippen LogP contribution >= 0.6 is 15.9 Å². The summed E-state index contributed by atoms with van der Waals surface area (Å²) in [6, 6.07) is 5.32. The van der Waals surface area contributed by atoms with E-state index in [1.54, 1.807) is 18.2 Å². The highest BCUT2D eigenvalue weighted by molar-refractivity contribution is 9.10. The fraction of sp³-hybridized carbons (Fsp3) is 0.467. The van der Waals surface area contributed by atoms with Crippen LogP contribution in [-0.2, 0) is 4.79 Å². The van der Waals surface area contributed by atoms with Crippen molar-refractivity contribution in [1.82, 2.24) is 5.32 Å². The predicted octanol–water partition coefficient (Wildman–Crippen LogP) is 3.34. The summed E-state index contributed by atoms with van der Waals surface area (Å²) in [4.78, 5) is 23.3. The van der Waals surface area contributed by atoms with Crippen molar-refractivity contribution < 1.29 is 14.3 Å². The summed E-state index contributed by atoms with van der Waals surface area (Å²) in [5.74, 6) is 0.165. The molecule has 0 fully saturated rings. The third-order valence-electron chi connectivity index (χ3n) is 3.03. The molecule has 0 spiro atoms. The maximum atomic E-state index is 11.8. The fourth-order valence-electron chi connectivity index (χ4n) is 1.81. The highest BCUT2D eigenvalue weighted by Gasteiger charge is 2.12. The van der Waals surface area contributed by atoms with Gasteiger partial charge in [-0.2, -0.15) is 0 Å². The first-order valence-corrected chi connectivity index (χ1v) is 7.49. The smallest absolute Gasteiger partial charge is 0.258 e. The molecule has 0 unspecified atom stereocenters. The van der Waals surface area contributed by atoms with Crippen molar-refractivity contribution in [2.75, 3.05) is 6.61 Å². The quantitative estimate of drug-likeness (QED) is 0.774. The summed E-state index contributed by atoms with van der Waals surface area (Å²) in [5.41, 5.74) is 0.467. The number of halogens is 1. The second kappa shape index (κ2) is 8.04. The van der Waals surface area contributed by atoms with Crippen LogP contribution in [0.3, 0.4) is 0 Å². The molecule has 4 nitrogen and oxygen atoms in total. The first-order chi connectivity index (χ1) is 9.47. The highest BCUT2D eigenvalue weighted by atomic mass is 79.9. The third-order valence-corrected chi connectivity index (χ3v) is 3.52. The van der Waals surface area contributed by atoms with Crippen LogP contribution in [0.1, 0.15) is 44.0 Å². The van der Waals surface area contributed by atoms with Crippen LogP contribution in [0.25, 0.3) is 0 Å². The standard InChI is InChI=1S/C15H20BrNO3/c1-4-12(5-2)17-15(19)9-20-14-7-6-11(16)8-13(14)10(3)18/h6-8,12H,4-5,9H2,1-3H3,(H,17,19). The Morgan fingerprint density at radius 2 is 1.95 bits per heavy atom. The average Bonchev–Trinajstić information content (AvgIpc) is 2.43. The summed E-state index contributed by atoms with van der Waals surface area (Å²) < 4.78 is 6.25. The van der Waals surface area contributed by atoms with Crippen LogP contribution in [0.4, 0.5) is 0 Å². The fourth-order valence-corrected chi connectivity index (χ4v) is 2.17. The minimum atomic E-state index is -0.170. The normalized spacial score (nSPS) is 10.4. The van der Waals surface area contributed by atoms with Gasteiger partial charge < -0.3 is 10.1 Å². The minimum absolute atomic E-state index is 0.0849. The van der Waals surface area contributed by atoms with Gasteiger partial charge in [0.1, 0.15) is 5.75 Å². The zero-order chi connectivity index (χ0) is 15.1. The van der Waals surface area contributed by atoms with Gasteiger partial charge in [-0.05, 0) is 38.0 Å². The summed E-state index contributed by atoms with van der Waals surface area (Å²) in [7, 11) is 0. The number of hydrogen-bond acceptors (Lipinski definition) is 3. The lowest BCUT2D eigenvalue weighted by Gasteiger charge is -2.15. The van der Waals surface area contributed by atoms with Crippen LogP contribution < -0.4 is 10.1 Å². The Kier molecular flexibility index (Phi) is 6.71. The maximum absolute atomic E-state index is 11.8. The van der Waals surface area contributed by atoms with E-state index in [1.807, 2.05) is 13.8 Å². The Bertz CT molecular complexity index is 484. The van der Waals surface area contributed by atoms with E-state index < -0.39 is 0 Å². The molecule has 1 amide bonds. The molecule has 5 heteroatoms. The number of carbonyl (C=O) groups is 2. The number of ketones is 1. The topological polar surface area (TPSA) is 55.4 Å². The van der Waals surface area contributed by atoms with Gasteiger partial charge in [0.2, 0.25) is 0 Å². The SMILES string of the molecule is CCC(CC)NC(=O)COc1ccc(Br)cc1C(C)=O. The maximum Gasteiger partial charge on any atom is 0.258 e. The molecule has 0 bridgehead atoms. The van der Waals surface area contributed by atoms with Gasteiger partial charge in [0.15, 0.2) is 12.4 Å². The number of amides is 1. The van der Waals surface area contributed by atoms with Crippen LogP contribution in [-0.4, -0.2) is 24.3 Å². The van der Waals surface area contributed by atoms with Crippen molar-refractivity contribution in [2.45, 2.75) is 39.7 Å². The van der Waals surface area contributed by atoms with Gasteiger partial charge in [0.05, 0.1) is 5.56 Å². The lowest BCUT2D eigenvalue weighted by Crippen LogP contribution is -2.37. The van der Waals surface area contributed by atoms with Gasteiger partial charge in [-0.15, -0.1) is 0 Å². The van der Waals surface area contributed by atoms with Gasteiger partial charge in [-0.1, -0.05) is 29.8 Å². The van der Waals surface area contributed by atoms with Crippen molar-refractivity contribution in [2.24, 2.45) is 0 Å². The molecule has 0 atom stereocenters. The minimum Gasteiger partial charge on any atom is -0.483 e. The van der Waals surface area contributed by atoms with Gasteiger partial charge in [0.25, 0.3) is 5.91 Å². The zero-order valence-corrected chi connectivity index (χ0v) is 13.6. The first-order valence-electron chi connectivity index (χ1n) is 6.70. The summed E-state index contributed by atoms with van der Waals surface area (Å²) >= 11 is 3.31. The van der Waals surface area contributed by atoms with Crippen molar-refractivity contribution in [1.29, 1.82) is 0 Å². The van der Waals surface area contributed by atoms with E-state index >= 15 is 0 Å². The second-order valence-corrected chi connectivity index (χ2v) is 5.48. The lowest BCUT2D eigenvalue weighted by atomic mass is 10.1. The molecule has 1 N–H and O–H groups in total. The third kappa shape index (κ3) is 4.96. The van der Waals surface area contributed by atoms with Crippen molar-refractivity contribution >= 4 is 27.6 Å². The highest BCUT2D eigenvalue weighted by Crippen LogP contribution is 2.23. The molecule has 1 rings (SSSR count). The predicted molar refractivity (Wildman–Crippen MR) is 82.2 cm³/mol.